The van der Waals surface area contributed by atoms with Gasteiger partial charge >= 0.3 is 0 Å². The molecular weight excluding hydrogens is 324 g/mol. The van der Waals surface area contributed by atoms with Gasteiger partial charge in [-0.25, -0.2) is 4.98 Å². The Labute approximate surface area is 153 Å². The first-order valence-electron chi connectivity index (χ1n) is 9.30. The summed E-state index contributed by atoms with van der Waals surface area (Å²) in [5.41, 5.74) is 5.39. The van der Waals surface area contributed by atoms with E-state index in [2.05, 4.69) is 27.3 Å². The Morgan fingerprint density at radius 2 is 1.88 bits per heavy atom. The number of fused-ring (bicyclic) bond motifs is 1. The van der Waals surface area contributed by atoms with Gasteiger partial charge in [-0.2, -0.15) is 0 Å². The molecule has 0 spiro atoms. The van der Waals surface area contributed by atoms with Crippen LogP contribution in [0, 0.1) is 6.92 Å². The summed E-state index contributed by atoms with van der Waals surface area (Å²) in [4.78, 5) is 20.0. The Hall–Kier alpha value is -2.82. The van der Waals surface area contributed by atoms with Crippen LogP contribution in [0.4, 0.5) is 11.4 Å². The number of aromatic nitrogens is 2. The first-order valence-corrected chi connectivity index (χ1v) is 9.30. The number of imidazole rings is 1. The summed E-state index contributed by atoms with van der Waals surface area (Å²) in [5.74, 6) is -0.117. The van der Waals surface area contributed by atoms with Crippen LogP contribution < -0.4 is 10.2 Å². The standard InChI is InChI=1S/C21H24N4O/c1-3-18-19(25-14-6-7-15(2)20(25)23-18)21(26)22-16-8-10-17(11-9-16)24-12-4-5-13-24/h6-11,14H,3-5,12-13H2,1-2H3,(H,22,26). The molecule has 1 aromatic carbocycles. The van der Waals surface area contributed by atoms with Gasteiger partial charge in [-0.3, -0.25) is 9.20 Å². The number of pyridine rings is 1. The Morgan fingerprint density at radius 3 is 2.58 bits per heavy atom. The van der Waals surface area contributed by atoms with Crippen LogP contribution in [0.5, 0.6) is 0 Å². The number of nitrogens with zero attached hydrogens (tertiary/aromatic N) is 3. The number of benzene rings is 1. The normalized spacial score (nSPS) is 14.2. The molecule has 1 aliphatic heterocycles. The van der Waals surface area contributed by atoms with Gasteiger partial charge in [-0.05, 0) is 62.1 Å². The summed E-state index contributed by atoms with van der Waals surface area (Å²) in [5, 5.41) is 3.03. The van der Waals surface area contributed by atoms with Crippen LogP contribution in [0.1, 0.15) is 41.5 Å². The third kappa shape index (κ3) is 2.94. The third-order valence-corrected chi connectivity index (χ3v) is 5.06. The molecule has 1 aliphatic rings. The Balaban J connectivity index is 1.60. The van der Waals surface area contributed by atoms with E-state index in [1.165, 1.54) is 18.5 Å². The zero-order chi connectivity index (χ0) is 18.1. The first-order chi connectivity index (χ1) is 12.7. The van der Waals surface area contributed by atoms with Gasteiger partial charge < -0.3 is 10.2 Å². The molecular formula is C21H24N4O. The molecule has 5 heteroatoms. The molecule has 0 bridgehead atoms. The number of carbonyl (C=O) groups is 1. The SMILES string of the molecule is CCc1nc2c(C)cccn2c1C(=O)Nc1ccc(N2CCCC2)cc1. The van der Waals surface area contributed by atoms with Crippen LogP contribution in [-0.4, -0.2) is 28.4 Å². The van der Waals surface area contributed by atoms with Crippen molar-refractivity contribution in [2.45, 2.75) is 33.1 Å². The fraction of sp³-hybridized carbons (Fsp3) is 0.333. The van der Waals surface area contributed by atoms with Crippen LogP contribution in [0.3, 0.4) is 0 Å². The van der Waals surface area contributed by atoms with Crippen molar-refractivity contribution in [3.8, 4) is 0 Å². The van der Waals surface area contributed by atoms with Gasteiger partial charge in [-0.1, -0.05) is 13.0 Å². The number of amides is 1. The molecule has 3 aromatic rings. The highest BCUT2D eigenvalue weighted by Gasteiger charge is 2.19. The van der Waals surface area contributed by atoms with Gasteiger partial charge in [0.25, 0.3) is 5.91 Å². The minimum Gasteiger partial charge on any atom is -0.372 e. The van der Waals surface area contributed by atoms with E-state index >= 15 is 0 Å². The van der Waals surface area contributed by atoms with Crippen molar-refractivity contribution in [3.05, 3.63) is 59.5 Å². The second-order valence-electron chi connectivity index (χ2n) is 6.84. The van der Waals surface area contributed by atoms with Gasteiger partial charge in [0.05, 0.1) is 5.69 Å². The lowest BCUT2D eigenvalue weighted by atomic mass is 10.2. The van der Waals surface area contributed by atoms with Crippen molar-refractivity contribution in [1.29, 1.82) is 0 Å². The molecule has 3 heterocycles. The molecule has 0 aliphatic carbocycles. The maximum Gasteiger partial charge on any atom is 0.274 e. The zero-order valence-corrected chi connectivity index (χ0v) is 15.3. The highest BCUT2D eigenvalue weighted by Crippen LogP contribution is 2.23. The minimum atomic E-state index is -0.117. The van der Waals surface area contributed by atoms with Crippen molar-refractivity contribution < 1.29 is 4.79 Å². The van der Waals surface area contributed by atoms with Gasteiger partial charge in [0.2, 0.25) is 0 Å². The lowest BCUT2D eigenvalue weighted by Gasteiger charge is -2.17. The van der Waals surface area contributed by atoms with Gasteiger partial charge in [0.15, 0.2) is 0 Å². The Kier molecular flexibility index (Phi) is 4.37. The van der Waals surface area contributed by atoms with Gasteiger partial charge in [0, 0.05) is 30.7 Å². The lowest BCUT2D eigenvalue weighted by Crippen LogP contribution is -2.18. The first kappa shape index (κ1) is 16.6. The van der Waals surface area contributed by atoms with Crippen molar-refractivity contribution in [3.63, 3.8) is 0 Å². The smallest absolute Gasteiger partial charge is 0.274 e. The molecule has 0 unspecified atom stereocenters. The van der Waals surface area contributed by atoms with E-state index in [-0.39, 0.29) is 5.91 Å². The monoisotopic (exact) mass is 348 g/mol. The van der Waals surface area contributed by atoms with Gasteiger partial charge in [-0.15, -0.1) is 0 Å². The molecule has 2 aromatic heterocycles. The molecule has 26 heavy (non-hydrogen) atoms. The average molecular weight is 348 g/mol. The molecule has 4 rings (SSSR count). The number of anilines is 2. The molecule has 0 atom stereocenters. The molecule has 5 nitrogen and oxygen atoms in total. The quantitative estimate of drug-likeness (QED) is 0.773. The highest BCUT2D eigenvalue weighted by molar-refractivity contribution is 6.04. The average Bonchev–Trinajstić information content (AvgIpc) is 3.30. The maximum atomic E-state index is 12.9. The molecule has 1 fully saturated rings. The lowest BCUT2D eigenvalue weighted by molar-refractivity contribution is 0.102. The number of rotatable bonds is 4. The maximum absolute atomic E-state index is 12.9. The molecule has 1 N–H and O–H groups in total. The van der Waals surface area contributed by atoms with Crippen LogP contribution in [0.15, 0.2) is 42.6 Å². The minimum absolute atomic E-state index is 0.117. The molecule has 0 radical (unpaired) electrons. The zero-order valence-electron chi connectivity index (χ0n) is 15.3. The molecule has 1 amide bonds. The van der Waals surface area contributed by atoms with Crippen LogP contribution in [0.25, 0.3) is 5.65 Å². The van der Waals surface area contributed by atoms with Crippen molar-refractivity contribution in [2.24, 2.45) is 0 Å². The van der Waals surface area contributed by atoms with Crippen LogP contribution in [0.2, 0.25) is 0 Å². The predicted molar refractivity (Wildman–Crippen MR) is 105 cm³/mol. The Morgan fingerprint density at radius 1 is 1.15 bits per heavy atom. The predicted octanol–water partition coefficient (Wildman–Crippen LogP) is 4.06. The third-order valence-electron chi connectivity index (χ3n) is 5.06. The molecule has 1 saturated heterocycles. The van der Waals surface area contributed by atoms with E-state index in [1.807, 2.05) is 48.7 Å². The van der Waals surface area contributed by atoms with E-state index < -0.39 is 0 Å². The van der Waals surface area contributed by atoms with Crippen molar-refractivity contribution in [1.82, 2.24) is 9.38 Å². The summed E-state index contributed by atoms with van der Waals surface area (Å²) >= 11 is 0. The number of nitrogens with one attached hydrogen (secondary N) is 1. The summed E-state index contributed by atoms with van der Waals surface area (Å²) in [6.45, 7) is 6.28. The topological polar surface area (TPSA) is 49.6 Å². The number of aryl methyl sites for hydroxylation is 2. The summed E-state index contributed by atoms with van der Waals surface area (Å²) in [6.07, 6.45) is 5.13. The van der Waals surface area contributed by atoms with E-state index in [4.69, 9.17) is 0 Å². The summed E-state index contributed by atoms with van der Waals surface area (Å²) < 4.78 is 1.89. The summed E-state index contributed by atoms with van der Waals surface area (Å²) in [7, 11) is 0. The number of hydrogen-bond donors (Lipinski definition) is 1. The second-order valence-corrected chi connectivity index (χ2v) is 6.84. The second kappa shape index (κ2) is 6.83. The largest absolute Gasteiger partial charge is 0.372 e. The molecule has 134 valence electrons. The highest BCUT2D eigenvalue weighted by atomic mass is 16.2. The molecule has 0 saturated carbocycles. The Bertz CT molecular complexity index is 937. The fourth-order valence-electron chi connectivity index (χ4n) is 3.66. The number of hydrogen-bond acceptors (Lipinski definition) is 3. The van der Waals surface area contributed by atoms with E-state index in [9.17, 15) is 4.79 Å². The fourth-order valence-corrected chi connectivity index (χ4v) is 3.66. The van der Waals surface area contributed by atoms with Crippen molar-refractivity contribution in [2.75, 3.05) is 23.3 Å². The van der Waals surface area contributed by atoms with Crippen LogP contribution >= 0.6 is 0 Å². The summed E-state index contributed by atoms with van der Waals surface area (Å²) in [6, 6.07) is 12.1. The van der Waals surface area contributed by atoms with Gasteiger partial charge in [0.1, 0.15) is 11.3 Å². The number of carbonyl (C=O) groups excluding carboxylic acids is 1. The van der Waals surface area contributed by atoms with E-state index in [0.717, 1.165) is 42.1 Å². The van der Waals surface area contributed by atoms with Crippen molar-refractivity contribution >= 4 is 22.9 Å². The van der Waals surface area contributed by atoms with E-state index in [1.54, 1.807) is 0 Å². The van der Waals surface area contributed by atoms with Crippen LogP contribution in [-0.2, 0) is 6.42 Å². The van der Waals surface area contributed by atoms with E-state index in [0.29, 0.717) is 5.69 Å².